The van der Waals surface area contributed by atoms with Gasteiger partial charge in [0.1, 0.15) is 4.83 Å². The number of fused-ring (bicyclic) bond motifs is 1. The molecule has 0 bridgehead atoms. The molecular formula is C19H13Cl2N3O2S3. The minimum atomic E-state index is -0.265. The Labute approximate surface area is 188 Å². The lowest BCUT2D eigenvalue weighted by Gasteiger charge is -2.09. The van der Waals surface area contributed by atoms with E-state index in [1.165, 1.54) is 27.7 Å². The van der Waals surface area contributed by atoms with Crippen molar-refractivity contribution >= 4 is 79.4 Å². The van der Waals surface area contributed by atoms with Crippen molar-refractivity contribution in [3.63, 3.8) is 0 Å². The van der Waals surface area contributed by atoms with Crippen LogP contribution in [0.2, 0.25) is 10.0 Å². The third-order valence-electron chi connectivity index (χ3n) is 4.12. The summed E-state index contributed by atoms with van der Waals surface area (Å²) in [6.07, 6.45) is 0. The molecule has 4 aromatic rings. The summed E-state index contributed by atoms with van der Waals surface area (Å²) in [5.74, 6) is -0.184. The maximum Gasteiger partial charge on any atom is 0.263 e. The van der Waals surface area contributed by atoms with Crippen LogP contribution in [-0.2, 0) is 11.8 Å². The van der Waals surface area contributed by atoms with Crippen molar-refractivity contribution < 1.29 is 4.79 Å². The van der Waals surface area contributed by atoms with Gasteiger partial charge >= 0.3 is 0 Å². The Hall–Kier alpha value is -1.84. The zero-order valence-corrected chi connectivity index (χ0v) is 18.9. The predicted molar refractivity (Wildman–Crippen MR) is 124 cm³/mol. The third kappa shape index (κ3) is 4.08. The second-order valence-corrected chi connectivity index (χ2v) is 9.54. The number of amides is 1. The maximum atomic E-state index is 12.9. The summed E-state index contributed by atoms with van der Waals surface area (Å²) < 4.78 is 1.48. The fraction of sp³-hybridized carbons (Fsp3) is 0.105. The van der Waals surface area contributed by atoms with Crippen molar-refractivity contribution in [1.29, 1.82) is 0 Å². The van der Waals surface area contributed by atoms with E-state index in [1.54, 1.807) is 36.6 Å². The van der Waals surface area contributed by atoms with Crippen LogP contribution in [-0.4, -0.2) is 21.2 Å². The summed E-state index contributed by atoms with van der Waals surface area (Å²) in [7, 11) is 1.67. The lowest BCUT2D eigenvalue weighted by Crippen LogP contribution is -2.21. The molecule has 0 aliphatic rings. The van der Waals surface area contributed by atoms with Crippen LogP contribution >= 0.6 is 57.6 Å². The summed E-state index contributed by atoms with van der Waals surface area (Å²) in [5.41, 5.74) is 1.22. The topological polar surface area (TPSA) is 64.0 Å². The number of nitrogens with zero attached hydrogens (tertiary/aromatic N) is 2. The van der Waals surface area contributed by atoms with Crippen molar-refractivity contribution in [2.75, 3.05) is 11.1 Å². The highest BCUT2D eigenvalue weighted by atomic mass is 35.5. The van der Waals surface area contributed by atoms with Crippen LogP contribution < -0.4 is 10.9 Å². The van der Waals surface area contributed by atoms with Crippen molar-refractivity contribution in [2.24, 2.45) is 7.05 Å². The molecule has 10 heteroatoms. The Morgan fingerprint density at radius 2 is 2.07 bits per heavy atom. The van der Waals surface area contributed by atoms with Gasteiger partial charge in [0.05, 0.1) is 26.9 Å². The van der Waals surface area contributed by atoms with Gasteiger partial charge in [-0.2, -0.15) is 0 Å². The molecular weight excluding hydrogens is 469 g/mol. The highest BCUT2D eigenvalue weighted by Crippen LogP contribution is 2.34. The molecule has 0 saturated heterocycles. The molecule has 0 fully saturated rings. The fourth-order valence-corrected chi connectivity index (χ4v) is 5.63. The van der Waals surface area contributed by atoms with Crippen molar-refractivity contribution in [2.45, 2.75) is 5.16 Å². The average Bonchev–Trinajstić information content (AvgIpc) is 3.36. The summed E-state index contributed by atoms with van der Waals surface area (Å²) in [6, 6.07) is 8.97. The number of halogens is 2. The average molecular weight is 482 g/mol. The normalized spacial score (nSPS) is 11.1. The van der Waals surface area contributed by atoms with Crippen LogP contribution in [0.5, 0.6) is 0 Å². The predicted octanol–water partition coefficient (Wildman–Crippen LogP) is 5.76. The zero-order valence-electron chi connectivity index (χ0n) is 14.9. The van der Waals surface area contributed by atoms with Crippen LogP contribution in [0.25, 0.3) is 20.7 Å². The number of anilines is 1. The van der Waals surface area contributed by atoms with Crippen LogP contribution in [0.15, 0.2) is 51.0 Å². The molecule has 0 spiro atoms. The van der Waals surface area contributed by atoms with Crippen LogP contribution in [0.3, 0.4) is 0 Å². The Morgan fingerprint density at radius 1 is 1.24 bits per heavy atom. The van der Waals surface area contributed by atoms with E-state index in [0.717, 1.165) is 10.4 Å². The minimum Gasteiger partial charge on any atom is -0.324 e. The van der Waals surface area contributed by atoms with E-state index in [-0.39, 0.29) is 17.2 Å². The molecule has 0 radical (unpaired) electrons. The molecule has 4 rings (SSSR count). The van der Waals surface area contributed by atoms with E-state index in [0.29, 0.717) is 31.1 Å². The lowest BCUT2D eigenvalue weighted by atomic mass is 10.2. The second-order valence-electron chi connectivity index (χ2n) is 6.00. The SMILES string of the molecule is Cn1c(SCC(=O)Nc2cccc(Cl)c2Cl)nc2scc(-c3cccs3)c2c1=O. The minimum absolute atomic E-state index is 0.0811. The number of rotatable bonds is 5. The number of thioether (sulfide) groups is 1. The molecule has 1 N–H and O–H groups in total. The number of hydrogen-bond acceptors (Lipinski definition) is 6. The lowest BCUT2D eigenvalue weighted by molar-refractivity contribution is -0.113. The number of carbonyl (C=O) groups is 1. The van der Waals surface area contributed by atoms with Crippen molar-refractivity contribution in [1.82, 2.24) is 9.55 Å². The van der Waals surface area contributed by atoms with Crippen molar-refractivity contribution in [3.8, 4) is 10.4 Å². The van der Waals surface area contributed by atoms with Gasteiger partial charge in [-0.05, 0) is 23.6 Å². The van der Waals surface area contributed by atoms with Gasteiger partial charge in [-0.3, -0.25) is 14.2 Å². The smallest absolute Gasteiger partial charge is 0.263 e. The monoisotopic (exact) mass is 481 g/mol. The third-order valence-corrected chi connectivity index (χ3v) is 7.74. The Bertz CT molecular complexity index is 1270. The van der Waals surface area contributed by atoms with E-state index in [1.807, 2.05) is 22.9 Å². The molecule has 1 amide bonds. The van der Waals surface area contributed by atoms with E-state index < -0.39 is 0 Å². The first-order valence-electron chi connectivity index (χ1n) is 8.34. The first-order valence-corrected chi connectivity index (χ1v) is 11.8. The number of thiophene rings is 2. The number of hydrogen-bond donors (Lipinski definition) is 1. The van der Waals surface area contributed by atoms with Crippen LogP contribution in [0.4, 0.5) is 5.69 Å². The standard InChI is InChI=1S/C19H13Cl2N3O2S3/c1-24-18(26)15-10(13-6-3-7-27-13)8-28-17(15)23-19(24)29-9-14(25)22-12-5-2-4-11(20)16(12)21/h2-8H,9H2,1H3,(H,22,25). The molecule has 5 nitrogen and oxygen atoms in total. The van der Waals surface area contributed by atoms with Crippen molar-refractivity contribution in [3.05, 3.63) is 61.5 Å². The summed E-state index contributed by atoms with van der Waals surface area (Å²) in [6.45, 7) is 0. The second kappa shape index (κ2) is 8.49. The van der Waals surface area contributed by atoms with Gasteiger partial charge in [0.15, 0.2) is 5.16 Å². The van der Waals surface area contributed by atoms with E-state index >= 15 is 0 Å². The Balaban J connectivity index is 1.56. The van der Waals surface area contributed by atoms with Gasteiger partial charge in [0, 0.05) is 22.9 Å². The largest absolute Gasteiger partial charge is 0.324 e. The number of carbonyl (C=O) groups excluding carboxylic acids is 1. The number of aromatic nitrogens is 2. The quantitative estimate of drug-likeness (QED) is 0.290. The molecule has 0 aliphatic carbocycles. The van der Waals surface area contributed by atoms with E-state index in [9.17, 15) is 9.59 Å². The van der Waals surface area contributed by atoms with Gasteiger partial charge in [-0.15, -0.1) is 22.7 Å². The van der Waals surface area contributed by atoms with E-state index in [2.05, 4.69) is 10.3 Å². The summed E-state index contributed by atoms with van der Waals surface area (Å²) in [4.78, 5) is 31.6. The number of benzene rings is 1. The Morgan fingerprint density at radius 3 is 2.83 bits per heavy atom. The molecule has 3 aromatic heterocycles. The molecule has 0 aliphatic heterocycles. The van der Waals surface area contributed by atoms with Crippen LogP contribution in [0, 0.1) is 0 Å². The van der Waals surface area contributed by atoms with Gasteiger partial charge < -0.3 is 5.32 Å². The van der Waals surface area contributed by atoms with Gasteiger partial charge in [-0.25, -0.2) is 4.98 Å². The fourth-order valence-electron chi connectivity index (χ4n) is 2.71. The molecule has 0 atom stereocenters. The maximum absolute atomic E-state index is 12.9. The molecule has 3 heterocycles. The number of nitrogens with one attached hydrogen (secondary N) is 1. The molecule has 0 unspecified atom stereocenters. The molecule has 29 heavy (non-hydrogen) atoms. The van der Waals surface area contributed by atoms with Gasteiger partial charge in [0.25, 0.3) is 5.56 Å². The highest BCUT2D eigenvalue weighted by molar-refractivity contribution is 7.99. The summed E-state index contributed by atoms with van der Waals surface area (Å²) in [5, 5.41) is 8.41. The summed E-state index contributed by atoms with van der Waals surface area (Å²) >= 11 is 16.3. The van der Waals surface area contributed by atoms with Gasteiger partial charge in [0.2, 0.25) is 5.91 Å². The van der Waals surface area contributed by atoms with Crippen LogP contribution in [0.1, 0.15) is 0 Å². The molecule has 0 saturated carbocycles. The first-order chi connectivity index (χ1) is 14.0. The highest BCUT2D eigenvalue weighted by Gasteiger charge is 2.17. The van der Waals surface area contributed by atoms with E-state index in [4.69, 9.17) is 23.2 Å². The zero-order chi connectivity index (χ0) is 20.5. The van der Waals surface area contributed by atoms with Gasteiger partial charge in [-0.1, -0.05) is 47.1 Å². The molecule has 1 aromatic carbocycles. The molecule has 148 valence electrons. The Kier molecular flexibility index (Phi) is 5.98. The first kappa shape index (κ1) is 20.4.